The van der Waals surface area contributed by atoms with Crippen LogP contribution in [0, 0.1) is 16.9 Å². The summed E-state index contributed by atoms with van der Waals surface area (Å²) in [5, 5.41) is 21.1. The van der Waals surface area contributed by atoms with E-state index in [1.165, 1.54) is 0 Å². The van der Waals surface area contributed by atoms with Crippen LogP contribution >= 0.6 is 12.2 Å². The quantitative estimate of drug-likeness (QED) is 0.266. The zero-order valence-corrected chi connectivity index (χ0v) is 3.62. The van der Waals surface area contributed by atoms with E-state index in [1.807, 2.05) is 0 Å². The normalized spacial score (nSPS) is 2.50. The van der Waals surface area contributed by atoms with E-state index < -0.39 is 0 Å². The Morgan fingerprint density at radius 1 is 1.83 bits per heavy atom. The van der Waals surface area contributed by atoms with Gasteiger partial charge in [-0.3, -0.25) is 0 Å². The van der Waals surface area contributed by atoms with E-state index in [9.17, 15) is 0 Å². The lowest BCUT2D eigenvalue weighted by Crippen LogP contribution is -1.27. The Bertz CT molecular complexity index is 78.0. The molecule has 0 fully saturated rings. The fourth-order valence-corrected chi connectivity index (χ4v) is 0. The van der Waals surface area contributed by atoms with Gasteiger partial charge in [-0.15, -0.1) is 0 Å². The van der Waals surface area contributed by atoms with E-state index in [2.05, 4.69) is 12.2 Å². The Morgan fingerprint density at radius 3 is 1.83 bits per heavy atom. The first kappa shape index (κ1) is 8.92. The highest BCUT2D eigenvalue weighted by atomic mass is 32.1. The van der Waals surface area contributed by atoms with Crippen LogP contribution in [0.1, 0.15) is 0 Å². The van der Waals surface area contributed by atoms with Gasteiger partial charge in [-0.05, 0) is 12.2 Å². The summed E-state index contributed by atoms with van der Waals surface area (Å²) in [5.41, 5.74) is 0. The van der Waals surface area contributed by atoms with Gasteiger partial charge >= 0.3 is 0 Å². The number of aliphatic hydroxyl groups is 1. The number of thiocarbonyl (C=S) groups is 1. The molecule has 0 aliphatic heterocycles. The number of hydrogen-bond acceptors (Lipinski definition) is 4. The molecule has 2 N–H and O–H groups in total. The van der Waals surface area contributed by atoms with Gasteiger partial charge in [0.15, 0.2) is 0 Å². The van der Waals surface area contributed by atoms with Crippen LogP contribution in [0.15, 0.2) is 0 Å². The van der Waals surface area contributed by atoms with Crippen LogP contribution in [0.25, 0.3) is 0 Å². The van der Waals surface area contributed by atoms with E-state index in [4.69, 9.17) is 15.8 Å². The Morgan fingerprint density at radius 2 is 1.83 bits per heavy atom. The third-order valence-electron chi connectivity index (χ3n) is 0. The number of isothiocyanates is 1. The van der Waals surface area contributed by atoms with Crippen molar-refractivity contribution in [2.24, 2.45) is 0 Å². The average Bonchev–Trinajstić information content (AvgIpc) is 1.39. The highest BCUT2D eigenvalue weighted by molar-refractivity contribution is 7.78. The lowest BCUT2D eigenvalue weighted by molar-refractivity contribution is 0.503. The average molecular weight is 102 g/mol. The minimum Gasteiger partial charge on any atom is -0.443 e. The van der Waals surface area contributed by atoms with Crippen LogP contribution in [0.2, 0.25) is 0 Å². The minimum atomic E-state index is 0.750. The molecular formula is C2H2N2OS. The molecule has 0 unspecified atom stereocenters. The third kappa shape index (κ3) is 16.3. The largest absolute Gasteiger partial charge is 0.443 e. The Hall–Kier alpha value is -0.910. The highest BCUT2D eigenvalue weighted by Crippen LogP contribution is 1.16. The zero-order valence-electron chi connectivity index (χ0n) is 2.80. The maximum atomic E-state index is 6.88. The standard InChI is InChI=1S/CHNO.CHNS/c2*2-1-3/h3H;2H. The van der Waals surface area contributed by atoms with E-state index in [-0.39, 0.29) is 0 Å². The summed E-state index contributed by atoms with van der Waals surface area (Å²) in [6.07, 6.45) is 0.750. The molecule has 0 radical (unpaired) electrons. The van der Waals surface area contributed by atoms with Gasteiger partial charge in [0.2, 0.25) is 0 Å². The van der Waals surface area contributed by atoms with Crippen molar-refractivity contribution < 1.29 is 5.11 Å². The van der Waals surface area contributed by atoms with Crippen molar-refractivity contribution in [1.82, 2.24) is 0 Å². The summed E-state index contributed by atoms with van der Waals surface area (Å²) in [6, 6.07) is 0. The maximum Gasteiger partial charge on any atom is 0.283 e. The van der Waals surface area contributed by atoms with Gasteiger partial charge in [-0.2, -0.15) is 5.26 Å². The first-order valence-corrected chi connectivity index (χ1v) is 1.31. The number of rotatable bonds is 0. The molecule has 0 heterocycles. The van der Waals surface area contributed by atoms with Gasteiger partial charge in [0.1, 0.15) is 0 Å². The van der Waals surface area contributed by atoms with Crippen LogP contribution in [0.5, 0.6) is 0 Å². The summed E-state index contributed by atoms with van der Waals surface area (Å²) in [7, 11) is 0. The molecule has 0 atom stereocenters. The molecule has 0 bridgehead atoms. The monoisotopic (exact) mass is 102 g/mol. The van der Waals surface area contributed by atoms with Gasteiger partial charge in [-0.1, -0.05) is 0 Å². The van der Waals surface area contributed by atoms with E-state index in [0.717, 1.165) is 6.26 Å². The molecule has 0 aliphatic rings. The summed E-state index contributed by atoms with van der Waals surface area (Å²) < 4.78 is 0. The van der Waals surface area contributed by atoms with Crippen LogP contribution < -0.4 is 0 Å². The topological polar surface area (TPSA) is 67.9 Å². The van der Waals surface area contributed by atoms with Crippen molar-refractivity contribution in [1.29, 1.82) is 10.7 Å². The first-order chi connectivity index (χ1) is 2.83. The fourth-order valence-electron chi connectivity index (χ4n) is 0. The maximum absolute atomic E-state index is 6.88. The molecule has 0 saturated heterocycles. The molecule has 0 rings (SSSR count). The van der Waals surface area contributed by atoms with Gasteiger partial charge in [0.25, 0.3) is 6.26 Å². The molecule has 0 spiro atoms. The van der Waals surface area contributed by atoms with Gasteiger partial charge < -0.3 is 5.11 Å². The Balaban J connectivity index is 0. The predicted octanol–water partition coefficient (Wildman–Crippen LogP) is 0.508. The molecule has 3 nitrogen and oxygen atoms in total. The second kappa shape index (κ2) is 32.9. The summed E-state index contributed by atoms with van der Waals surface area (Å²) >= 11 is 3.81. The van der Waals surface area contributed by atoms with E-state index in [1.54, 1.807) is 5.16 Å². The third-order valence-corrected chi connectivity index (χ3v) is 0. The molecule has 0 aromatic heterocycles. The molecule has 32 valence electrons. The van der Waals surface area contributed by atoms with Crippen molar-refractivity contribution in [3.05, 3.63) is 0 Å². The van der Waals surface area contributed by atoms with Crippen LogP contribution in [0.4, 0.5) is 0 Å². The number of nitrogens with one attached hydrogen (secondary N) is 1. The molecule has 0 aliphatic carbocycles. The van der Waals surface area contributed by atoms with Crippen molar-refractivity contribution in [2.75, 3.05) is 0 Å². The summed E-state index contributed by atoms with van der Waals surface area (Å²) in [6.45, 7) is 0. The highest BCUT2D eigenvalue weighted by Gasteiger charge is 1.16. The van der Waals surface area contributed by atoms with Crippen molar-refractivity contribution in [3.63, 3.8) is 0 Å². The molecule has 0 aromatic carbocycles. The lowest BCUT2D eigenvalue weighted by Gasteiger charge is -1.25. The van der Waals surface area contributed by atoms with Gasteiger partial charge in [0.05, 0.1) is 5.16 Å². The Labute approximate surface area is 40.3 Å². The fraction of sp³-hybridized carbons (Fsp3) is 0. The number of nitrogens with zero attached hydrogens (tertiary/aromatic N) is 1. The predicted molar refractivity (Wildman–Crippen MR) is 22.9 cm³/mol. The van der Waals surface area contributed by atoms with Crippen molar-refractivity contribution in [2.45, 2.75) is 0 Å². The SMILES string of the molecule is N#CO.N=C=S. The zero-order chi connectivity index (χ0) is 5.41. The van der Waals surface area contributed by atoms with E-state index in [0.29, 0.717) is 0 Å². The second-order valence-corrected chi connectivity index (χ2v) is 0.406. The Kier molecular flexibility index (Phi) is 48.9. The smallest absolute Gasteiger partial charge is 0.283 e. The van der Waals surface area contributed by atoms with Crippen LogP contribution in [-0.2, 0) is 0 Å². The molecular weight excluding hydrogens is 100 g/mol. The van der Waals surface area contributed by atoms with Gasteiger partial charge in [0, 0.05) is 0 Å². The molecule has 4 heteroatoms. The lowest BCUT2D eigenvalue weighted by atomic mass is 11.6. The second-order valence-electron chi connectivity index (χ2n) is 0.202. The number of aliphatic hydroxyl groups excluding tert-OH is 1. The summed E-state index contributed by atoms with van der Waals surface area (Å²) in [4.78, 5) is 0. The van der Waals surface area contributed by atoms with Crippen molar-refractivity contribution >= 4 is 17.4 Å². The van der Waals surface area contributed by atoms with Crippen LogP contribution in [-0.4, -0.2) is 10.3 Å². The molecule has 6 heavy (non-hydrogen) atoms. The van der Waals surface area contributed by atoms with Gasteiger partial charge in [-0.25, -0.2) is 5.41 Å². The van der Waals surface area contributed by atoms with E-state index >= 15 is 0 Å². The molecule has 0 aromatic rings. The first-order valence-electron chi connectivity index (χ1n) is 0.901. The van der Waals surface area contributed by atoms with Crippen molar-refractivity contribution in [3.8, 4) is 6.26 Å². The summed E-state index contributed by atoms with van der Waals surface area (Å²) in [5.74, 6) is 0. The molecule has 0 saturated carbocycles. The van der Waals surface area contributed by atoms with Crippen LogP contribution in [0.3, 0.4) is 0 Å². The minimum absolute atomic E-state index is 0.750. The molecule has 0 amide bonds. The number of nitriles is 1. The number of hydrogen-bond donors (Lipinski definition) is 2.